The maximum absolute atomic E-state index is 11.6. The normalized spacial score (nSPS) is 10.6. The van der Waals surface area contributed by atoms with Crippen LogP contribution in [-0.2, 0) is 4.79 Å². The largest absolute Gasteiger partial charge is 0.484 e. The van der Waals surface area contributed by atoms with Gasteiger partial charge in [-0.2, -0.15) is 5.10 Å². The molecule has 2 rings (SSSR count). The van der Waals surface area contributed by atoms with Crippen molar-refractivity contribution >= 4 is 12.1 Å². The van der Waals surface area contributed by atoms with Crippen molar-refractivity contribution < 1.29 is 9.53 Å². The van der Waals surface area contributed by atoms with E-state index in [1.807, 2.05) is 62.4 Å². The van der Waals surface area contributed by atoms with Crippen molar-refractivity contribution in [1.82, 2.24) is 5.43 Å². The molecule has 4 heteroatoms. The SMILES string of the molecule is Cc1ccc(/C=N\NC(=O)COc2ccc(C)cc2)cc1. The fourth-order valence-corrected chi connectivity index (χ4v) is 1.65. The van der Waals surface area contributed by atoms with Gasteiger partial charge in [0.2, 0.25) is 0 Å². The number of ether oxygens (including phenoxy) is 1. The Morgan fingerprint density at radius 1 is 1.05 bits per heavy atom. The predicted molar refractivity (Wildman–Crippen MR) is 83.6 cm³/mol. The predicted octanol–water partition coefficient (Wildman–Crippen LogP) is 2.83. The van der Waals surface area contributed by atoms with Crippen LogP contribution in [-0.4, -0.2) is 18.7 Å². The van der Waals surface area contributed by atoms with Crippen molar-refractivity contribution in [2.24, 2.45) is 5.10 Å². The lowest BCUT2D eigenvalue weighted by atomic mass is 10.2. The number of nitrogens with one attached hydrogen (secondary N) is 1. The van der Waals surface area contributed by atoms with Crippen molar-refractivity contribution in [3.05, 3.63) is 65.2 Å². The zero-order valence-corrected chi connectivity index (χ0v) is 12.2. The summed E-state index contributed by atoms with van der Waals surface area (Å²) in [6.07, 6.45) is 1.60. The highest BCUT2D eigenvalue weighted by molar-refractivity contribution is 5.82. The van der Waals surface area contributed by atoms with E-state index in [-0.39, 0.29) is 12.5 Å². The molecule has 1 N–H and O–H groups in total. The molecule has 0 aromatic heterocycles. The number of hydrazone groups is 1. The maximum atomic E-state index is 11.6. The minimum atomic E-state index is -0.293. The second-order valence-corrected chi connectivity index (χ2v) is 4.81. The average molecular weight is 282 g/mol. The van der Waals surface area contributed by atoms with Gasteiger partial charge >= 0.3 is 0 Å². The first-order valence-corrected chi connectivity index (χ1v) is 6.71. The molecule has 0 bridgehead atoms. The lowest BCUT2D eigenvalue weighted by Crippen LogP contribution is -2.24. The summed E-state index contributed by atoms with van der Waals surface area (Å²) >= 11 is 0. The van der Waals surface area contributed by atoms with E-state index in [1.54, 1.807) is 6.21 Å². The fourth-order valence-electron chi connectivity index (χ4n) is 1.65. The first-order valence-electron chi connectivity index (χ1n) is 6.71. The summed E-state index contributed by atoms with van der Waals surface area (Å²) in [5, 5.41) is 3.89. The third-order valence-corrected chi connectivity index (χ3v) is 2.87. The molecule has 21 heavy (non-hydrogen) atoms. The Balaban J connectivity index is 1.77. The number of hydrogen-bond donors (Lipinski definition) is 1. The highest BCUT2D eigenvalue weighted by Gasteiger charge is 2.00. The molecule has 0 fully saturated rings. The zero-order valence-electron chi connectivity index (χ0n) is 12.2. The molecule has 2 aromatic rings. The monoisotopic (exact) mass is 282 g/mol. The van der Waals surface area contributed by atoms with Gasteiger partial charge in [0.05, 0.1) is 6.21 Å². The highest BCUT2D eigenvalue weighted by atomic mass is 16.5. The van der Waals surface area contributed by atoms with Crippen molar-refractivity contribution in [2.75, 3.05) is 6.61 Å². The fraction of sp³-hybridized carbons (Fsp3) is 0.176. The van der Waals surface area contributed by atoms with E-state index in [4.69, 9.17) is 4.74 Å². The standard InChI is InChI=1S/C17H18N2O2/c1-13-3-7-15(8-4-13)11-18-19-17(20)12-21-16-9-5-14(2)6-10-16/h3-11H,12H2,1-2H3,(H,19,20)/b18-11-. The number of carbonyl (C=O) groups is 1. The quantitative estimate of drug-likeness (QED) is 0.677. The van der Waals surface area contributed by atoms with Crippen LogP contribution in [0.1, 0.15) is 16.7 Å². The molecule has 0 aliphatic carbocycles. The second-order valence-electron chi connectivity index (χ2n) is 4.81. The molecule has 0 saturated heterocycles. The Morgan fingerprint density at radius 2 is 1.62 bits per heavy atom. The Kier molecular flexibility index (Phi) is 5.10. The van der Waals surface area contributed by atoms with E-state index in [0.29, 0.717) is 5.75 Å². The third kappa shape index (κ3) is 5.10. The van der Waals surface area contributed by atoms with Crippen molar-refractivity contribution in [2.45, 2.75) is 13.8 Å². The van der Waals surface area contributed by atoms with Gasteiger partial charge in [0, 0.05) is 0 Å². The van der Waals surface area contributed by atoms with E-state index >= 15 is 0 Å². The molecule has 1 amide bonds. The van der Waals surface area contributed by atoms with Gasteiger partial charge < -0.3 is 4.74 Å². The van der Waals surface area contributed by atoms with Gasteiger partial charge in [-0.1, -0.05) is 47.5 Å². The minimum Gasteiger partial charge on any atom is -0.484 e. The third-order valence-electron chi connectivity index (χ3n) is 2.87. The van der Waals surface area contributed by atoms with Gasteiger partial charge in [0.1, 0.15) is 5.75 Å². The number of rotatable bonds is 5. The van der Waals surface area contributed by atoms with E-state index in [2.05, 4.69) is 10.5 Å². The molecule has 0 unspecified atom stereocenters. The van der Waals surface area contributed by atoms with Gasteiger partial charge in [-0.25, -0.2) is 5.43 Å². The number of benzene rings is 2. The summed E-state index contributed by atoms with van der Waals surface area (Å²) in [5.41, 5.74) is 5.69. The molecule has 108 valence electrons. The van der Waals surface area contributed by atoms with E-state index < -0.39 is 0 Å². The highest BCUT2D eigenvalue weighted by Crippen LogP contribution is 2.10. The average Bonchev–Trinajstić information content (AvgIpc) is 2.49. The van der Waals surface area contributed by atoms with Gasteiger partial charge in [-0.3, -0.25) is 4.79 Å². The molecular weight excluding hydrogens is 264 g/mol. The van der Waals surface area contributed by atoms with Gasteiger partial charge in [-0.05, 0) is 31.5 Å². The van der Waals surface area contributed by atoms with Gasteiger partial charge in [0.25, 0.3) is 5.91 Å². The lowest BCUT2D eigenvalue weighted by Gasteiger charge is -2.05. The van der Waals surface area contributed by atoms with Gasteiger partial charge in [0.15, 0.2) is 6.61 Å². The van der Waals surface area contributed by atoms with Crippen LogP contribution in [0.4, 0.5) is 0 Å². The zero-order chi connectivity index (χ0) is 15.1. The Morgan fingerprint density at radius 3 is 2.24 bits per heavy atom. The second kappa shape index (κ2) is 7.24. The Labute approximate surface area is 124 Å². The first kappa shape index (κ1) is 14.8. The summed E-state index contributed by atoms with van der Waals surface area (Å²) in [6, 6.07) is 15.4. The van der Waals surface area contributed by atoms with E-state index in [1.165, 1.54) is 5.56 Å². The number of carbonyl (C=O) groups excluding carboxylic acids is 1. The molecule has 0 saturated carbocycles. The summed E-state index contributed by atoms with van der Waals surface area (Å²) < 4.78 is 5.36. The number of hydrogen-bond acceptors (Lipinski definition) is 3. The summed E-state index contributed by atoms with van der Waals surface area (Å²) in [6.45, 7) is 3.95. The van der Waals surface area contributed by atoms with Crippen LogP contribution in [0.2, 0.25) is 0 Å². The molecule has 4 nitrogen and oxygen atoms in total. The Hall–Kier alpha value is -2.62. The smallest absolute Gasteiger partial charge is 0.277 e. The number of aryl methyl sites for hydroxylation is 2. The Bertz CT molecular complexity index is 616. The maximum Gasteiger partial charge on any atom is 0.277 e. The molecule has 0 aliphatic rings. The summed E-state index contributed by atoms with van der Waals surface area (Å²) in [7, 11) is 0. The van der Waals surface area contributed by atoms with Crippen LogP contribution in [0.25, 0.3) is 0 Å². The molecule has 0 radical (unpaired) electrons. The molecule has 0 heterocycles. The van der Waals surface area contributed by atoms with E-state index in [0.717, 1.165) is 11.1 Å². The van der Waals surface area contributed by atoms with Crippen LogP contribution >= 0.6 is 0 Å². The summed E-state index contributed by atoms with van der Waals surface area (Å²) in [4.78, 5) is 11.6. The van der Waals surface area contributed by atoms with E-state index in [9.17, 15) is 4.79 Å². The lowest BCUT2D eigenvalue weighted by molar-refractivity contribution is -0.123. The first-order chi connectivity index (χ1) is 10.1. The topological polar surface area (TPSA) is 50.7 Å². The van der Waals surface area contributed by atoms with Gasteiger partial charge in [-0.15, -0.1) is 0 Å². The van der Waals surface area contributed by atoms with Crippen molar-refractivity contribution in [3.8, 4) is 5.75 Å². The number of nitrogens with zero attached hydrogens (tertiary/aromatic N) is 1. The molecule has 0 spiro atoms. The summed E-state index contributed by atoms with van der Waals surface area (Å²) in [5.74, 6) is 0.372. The van der Waals surface area contributed by atoms with Crippen LogP contribution < -0.4 is 10.2 Å². The molecule has 0 atom stereocenters. The van der Waals surface area contributed by atoms with Crippen LogP contribution in [0.15, 0.2) is 53.6 Å². The van der Waals surface area contributed by atoms with Crippen LogP contribution in [0.3, 0.4) is 0 Å². The minimum absolute atomic E-state index is 0.0612. The van der Waals surface area contributed by atoms with Crippen LogP contribution in [0.5, 0.6) is 5.75 Å². The number of amides is 1. The van der Waals surface area contributed by atoms with Crippen molar-refractivity contribution in [3.63, 3.8) is 0 Å². The molecular formula is C17H18N2O2. The van der Waals surface area contributed by atoms with Crippen molar-refractivity contribution in [1.29, 1.82) is 0 Å². The van der Waals surface area contributed by atoms with Crippen LogP contribution in [0, 0.1) is 13.8 Å². The molecule has 2 aromatic carbocycles. The molecule has 0 aliphatic heterocycles.